The average Bonchev–Trinajstić information content (AvgIpc) is 3.13. The molecule has 0 spiro atoms. The average molecular weight is 300 g/mol. The van der Waals surface area contributed by atoms with Crippen LogP contribution in [0.25, 0.3) is 0 Å². The van der Waals surface area contributed by atoms with E-state index in [1.807, 2.05) is 18.8 Å². The van der Waals surface area contributed by atoms with Crippen LogP contribution >= 0.6 is 23.1 Å². The van der Waals surface area contributed by atoms with Gasteiger partial charge in [-0.25, -0.2) is 9.78 Å². The van der Waals surface area contributed by atoms with Gasteiger partial charge in [-0.05, 0) is 25.5 Å². The van der Waals surface area contributed by atoms with Crippen LogP contribution in [0.3, 0.4) is 0 Å². The van der Waals surface area contributed by atoms with E-state index in [-0.39, 0.29) is 0 Å². The number of hydrogen-bond donors (Lipinski definition) is 1. The molecular weight excluding hydrogens is 280 g/mol. The molecule has 0 radical (unpaired) electrons. The van der Waals surface area contributed by atoms with Crippen molar-refractivity contribution in [3.63, 3.8) is 0 Å². The minimum absolute atomic E-state index is 0.380. The standard InChI is InChI=1S/C13H20N2O2S2/c1-4-9(7-18-3)15(2)13-14-10(8-5-6-8)11(19-13)12(16)17/h8-9H,4-7H2,1-3H3,(H,16,17). The van der Waals surface area contributed by atoms with Crippen LogP contribution < -0.4 is 4.90 Å². The Morgan fingerprint density at radius 3 is 2.79 bits per heavy atom. The molecule has 0 aliphatic heterocycles. The predicted molar refractivity (Wildman–Crippen MR) is 81.9 cm³/mol. The van der Waals surface area contributed by atoms with E-state index in [2.05, 4.69) is 23.1 Å². The van der Waals surface area contributed by atoms with Gasteiger partial charge in [0.05, 0.1) is 5.69 Å². The van der Waals surface area contributed by atoms with Crippen LogP contribution in [0.15, 0.2) is 0 Å². The summed E-state index contributed by atoms with van der Waals surface area (Å²) in [5.74, 6) is 0.579. The third-order valence-corrected chi connectivity index (χ3v) is 5.35. The zero-order valence-electron chi connectivity index (χ0n) is 11.5. The molecule has 1 aromatic rings. The normalized spacial score (nSPS) is 16.4. The van der Waals surface area contributed by atoms with Gasteiger partial charge < -0.3 is 10.0 Å². The van der Waals surface area contributed by atoms with Crippen LogP contribution in [0, 0.1) is 0 Å². The molecule has 1 atom stereocenters. The third kappa shape index (κ3) is 3.23. The van der Waals surface area contributed by atoms with Gasteiger partial charge >= 0.3 is 5.97 Å². The second-order valence-corrected chi connectivity index (χ2v) is 6.81. The molecule has 2 rings (SSSR count). The summed E-state index contributed by atoms with van der Waals surface area (Å²) in [5.41, 5.74) is 0.804. The van der Waals surface area contributed by atoms with Crippen molar-refractivity contribution >= 4 is 34.2 Å². The number of carboxylic acids is 1. The van der Waals surface area contributed by atoms with Crippen molar-refractivity contribution in [2.45, 2.75) is 38.1 Å². The number of aromatic nitrogens is 1. The van der Waals surface area contributed by atoms with E-state index in [1.54, 1.807) is 0 Å². The lowest BCUT2D eigenvalue weighted by molar-refractivity contribution is 0.0700. The van der Waals surface area contributed by atoms with E-state index in [9.17, 15) is 9.90 Å². The Morgan fingerprint density at radius 1 is 1.63 bits per heavy atom. The SMILES string of the molecule is CCC(CSC)N(C)c1nc(C2CC2)c(C(=O)O)s1. The molecule has 1 aliphatic carbocycles. The monoisotopic (exact) mass is 300 g/mol. The Bertz CT molecular complexity index is 457. The number of carbonyl (C=O) groups is 1. The maximum absolute atomic E-state index is 11.3. The highest BCUT2D eigenvalue weighted by Gasteiger charge is 2.33. The maximum atomic E-state index is 11.3. The lowest BCUT2D eigenvalue weighted by Crippen LogP contribution is -2.33. The second-order valence-electron chi connectivity index (χ2n) is 4.92. The zero-order chi connectivity index (χ0) is 14.0. The topological polar surface area (TPSA) is 53.4 Å². The summed E-state index contributed by atoms with van der Waals surface area (Å²) in [7, 11) is 2.02. The minimum atomic E-state index is -0.836. The number of anilines is 1. The Balaban J connectivity index is 2.24. The summed E-state index contributed by atoms with van der Waals surface area (Å²) in [6.45, 7) is 2.16. The molecule has 19 heavy (non-hydrogen) atoms. The van der Waals surface area contributed by atoms with Crippen molar-refractivity contribution in [3.8, 4) is 0 Å². The Morgan fingerprint density at radius 2 is 2.32 bits per heavy atom. The van der Waals surface area contributed by atoms with Gasteiger partial charge in [-0.2, -0.15) is 11.8 Å². The molecule has 1 N–H and O–H groups in total. The number of thioether (sulfide) groups is 1. The van der Waals surface area contributed by atoms with Crippen molar-refractivity contribution in [2.24, 2.45) is 0 Å². The van der Waals surface area contributed by atoms with E-state index in [1.165, 1.54) is 11.3 Å². The van der Waals surface area contributed by atoms with Crippen LogP contribution in [-0.2, 0) is 0 Å². The number of thiazole rings is 1. The van der Waals surface area contributed by atoms with Gasteiger partial charge in [-0.1, -0.05) is 18.3 Å². The Hall–Kier alpha value is -0.750. The van der Waals surface area contributed by atoms with Crippen molar-refractivity contribution in [3.05, 3.63) is 10.6 Å². The van der Waals surface area contributed by atoms with Gasteiger partial charge in [0, 0.05) is 24.8 Å². The van der Waals surface area contributed by atoms with Gasteiger partial charge in [-0.15, -0.1) is 0 Å². The Labute approximate surface area is 122 Å². The highest BCUT2D eigenvalue weighted by Crippen LogP contribution is 2.44. The smallest absolute Gasteiger partial charge is 0.347 e. The third-order valence-electron chi connectivity index (χ3n) is 3.48. The molecule has 0 saturated heterocycles. The van der Waals surface area contributed by atoms with Crippen LogP contribution in [0.5, 0.6) is 0 Å². The van der Waals surface area contributed by atoms with Crippen molar-refractivity contribution in [1.82, 2.24) is 4.98 Å². The Kier molecular flexibility index (Phi) is 4.73. The van der Waals surface area contributed by atoms with Crippen molar-refractivity contribution in [2.75, 3.05) is 24.0 Å². The van der Waals surface area contributed by atoms with E-state index in [0.29, 0.717) is 16.8 Å². The summed E-state index contributed by atoms with van der Waals surface area (Å²) in [4.78, 5) is 18.5. The van der Waals surface area contributed by atoms with Gasteiger partial charge in [0.1, 0.15) is 4.88 Å². The second kappa shape index (κ2) is 6.13. The van der Waals surface area contributed by atoms with E-state index in [0.717, 1.165) is 35.8 Å². The van der Waals surface area contributed by atoms with Gasteiger partial charge in [0.2, 0.25) is 0 Å². The van der Waals surface area contributed by atoms with E-state index in [4.69, 9.17) is 0 Å². The zero-order valence-corrected chi connectivity index (χ0v) is 13.2. The van der Waals surface area contributed by atoms with E-state index >= 15 is 0 Å². The van der Waals surface area contributed by atoms with Gasteiger partial charge in [-0.3, -0.25) is 0 Å². The summed E-state index contributed by atoms with van der Waals surface area (Å²) < 4.78 is 0. The number of carboxylic acid groups (broad SMARTS) is 1. The summed E-state index contributed by atoms with van der Waals surface area (Å²) in [6, 6.07) is 0.412. The molecule has 0 amide bonds. The maximum Gasteiger partial charge on any atom is 0.347 e. The molecule has 106 valence electrons. The molecule has 1 saturated carbocycles. The fourth-order valence-electron chi connectivity index (χ4n) is 2.11. The molecule has 0 aromatic carbocycles. The molecule has 0 bridgehead atoms. The molecule has 1 heterocycles. The lowest BCUT2D eigenvalue weighted by atomic mass is 10.2. The molecule has 1 fully saturated rings. The lowest BCUT2D eigenvalue weighted by Gasteiger charge is -2.26. The van der Waals surface area contributed by atoms with Crippen LogP contribution in [0.2, 0.25) is 0 Å². The molecule has 1 aromatic heterocycles. The summed E-state index contributed by atoms with van der Waals surface area (Å²) in [5, 5.41) is 10.1. The quantitative estimate of drug-likeness (QED) is 0.837. The van der Waals surface area contributed by atoms with Gasteiger partial charge in [0.15, 0.2) is 5.13 Å². The fraction of sp³-hybridized carbons (Fsp3) is 0.692. The molecule has 1 unspecified atom stereocenters. The highest BCUT2D eigenvalue weighted by molar-refractivity contribution is 7.98. The molecule has 4 nitrogen and oxygen atoms in total. The first-order valence-electron chi connectivity index (χ1n) is 6.54. The predicted octanol–water partition coefficient (Wildman–Crippen LogP) is 3.30. The molecular formula is C13H20N2O2S2. The van der Waals surface area contributed by atoms with Crippen LogP contribution in [0.4, 0.5) is 5.13 Å². The minimum Gasteiger partial charge on any atom is -0.477 e. The number of aromatic carboxylic acids is 1. The number of nitrogens with zero attached hydrogens (tertiary/aromatic N) is 2. The highest BCUT2D eigenvalue weighted by atomic mass is 32.2. The van der Waals surface area contributed by atoms with Crippen molar-refractivity contribution < 1.29 is 9.90 Å². The first-order chi connectivity index (χ1) is 9.08. The van der Waals surface area contributed by atoms with E-state index < -0.39 is 5.97 Å². The first-order valence-corrected chi connectivity index (χ1v) is 8.75. The largest absolute Gasteiger partial charge is 0.477 e. The van der Waals surface area contributed by atoms with Crippen molar-refractivity contribution in [1.29, 1.82) is 0 Å². The number of rotatable bonds is 7. The van der Waals surface area contributed by atoms with Crippen LogP contribution in [-0.4, -0.2) is 41.2 Å². The first kappa shape index (κ1) is 14.7. The summed E-state index contributed by atoms with van der Waals surface area (Å²) in [6.07, 6.45) is 5.29. The summed E-state index contributed by atoms with van der Waals surface area (Å²) >= 11 is 3.13. The van der Waals surface area contributed by atoms with Crippen LogP contribution in [0.1, 0.15) is 47.5 Å². The fourth-order valence-corrected chi connectivity index (χ4v) is 3.98. The van der Waals surface area contributed by atoms with Gasteiger partial charge in [0.25, 0.3) is 0 Å². The molecule has 6 heteroatoms. The molecule has 1 aliphatic rings. The number of hydrogen-bond acceptors (Lipinski definition) is 5.